The first-order valence-electron chi connectivity index (χ1n) is 6.15. The third-order valence-electron chi connectivity index (χ3n) is 3.14. The molecule has 0 saturated heterocycles. The van der Waals surface area contributed by atoms with Crippen LogP contribution < -0.4 is 10.5 Å². The number of thiocarbonyl (C=S) groups is 1. The van der Waals surface area contributed by atoms with Crippen molar-refractivity contribution in [3.8, 4) is 5.75 Å². The first-order chi connectivity index (χ1) is 8.99. The van der Waals surface area contributed by atoms with Gasteiger partial charge in [-0.25, -0.2) is 0 Å². The van der Waals surface area contributed by atoms with Crippen molar-refractivity contribution in [1.29, 1.82) is 0 Å². The lowest BCUT2D eigenvalue weighted by molar-refractivity contribution is 0.111. The van der Waals surface area contributed by atoms with Crippen molar-refractivity contribution in [3.05, 3.63) is 29.3 Å². The van der Waals surface area contributed by atoms with E-state index in [4.69, 9.17) is 27.4 Å². The van der Waals surface area contributed by atoms with Gasteiger partial charge >= 0.3 is 0 Å². The predicted molar refractivity (Wildman–Crippen MR) is 81.7 cm³/mol. The van der Waals surface area contributed by atoms with Crippen LogP contribution in [0.1, 0.15) is 18.1 Å². The lowest BCUT2D eigenvalue weighted by Crippen LogP contribution is -2.32. The SMILES string of the molecule is COCC(C)N(C)Cc1cc(C(N)=S)ccc1OC. The third kappa shape index (κ3) is 4.45. The van der Waals surface area contributed by atoms with Gasteiger partial charge in [-0.15, -0.1) is 0 Å². The van der Waals surface area contributed by atoms with Gasteiger partial charge in [0.1, 0.15) is 10.7 Å². The summed E-state index contributed by atoms with van der Waals surface area (Å²) >= 11 is 5.01. The molecular weight excluding hydrogens is 260 g/mol. The molecule has 19 heavy (non-hydrogen) atoms. The van der Waals surface area contributed by atoms with Crippen LogP contribution in [0.25, 0.3) is 0 Å². The maximum absolute atomic E-state index is 5.67. The summed E-state index contributed by atoms with van der Waals surface area (Å²) in [5.74, 6) is 0.844. The maximum Gasteiger partial charge on any atom is 0.123 e. The Morgan fingerprint density at radius 3 is 2.63 bits per heavy atom. The molecule has 106 valence electrons. The van der Waals surface area contributed by atoms with E-state index >= 15 is 0 Å². The standard InChI is InChI=1S/C14H22N2O2S/c1-10(9-17-3)16(2)8-12-7-11(14(15)19)5-6-13(12)18-4/h5-7,10H,8-9H2,1-4H3,(H2,15,19). The van der Waals surface area contributed by atoms with E-state index in [-0.39, 0.29) is 0 Å². The molecule has 0 fully saturated rings. The van der Waals surface area contributed by atoms with Gasteiger partial charge < -0.3 is 15.2 Å². The summed E-state index contributed by atoms with van der Waals surface area (Å²) in [7, 11) is 5.42. The highest BCUT2D eigenvalue weighted by Gasteiger charge is 2.13. The number of nitrogens with zero attached hydrogens (tertiary/aromatic N) is 1. The molecule has 1 atom stereocenters. The molecule has 0 heterocycles. The Hall–Kier alpha value is -1.17. The van der Waals surface area contributed by atoms with Gasteiger partial charge in [-0.2, -0.15) is 0 Å². The predicted octanol–water partition coefficient (Wildman–Crippen LogP) is 1.80. The summed E-state index contributed by atoms with van der Waals surface area (Å²) in [6, 6.07) is 6.09. The number of hydrogen-bond acceptors (Lipinski definition) is 4. The molecule has 4 nitrogen and oxygen atoms in total. The lowest BCUT2D eigenvalue weighted by Gasteiger charge is -2.25. The molecule has 0 aliphatic rings. The van der Waals surface area contributed by atoms with E-state index in [9.17, 15) is 0 Å². The fourth-order valence-corrected chi connectivity index (χ4v) is 1.98. The number of methoxy groups -OCH3 is 2. The second-order valence-corrected chi connectivity index (χ2v) is 5.05. The van der Waals surface area contributed by atoms with Gasteiger partial charge in [0.15, 0.2) is 0 Å². The van der Waals surface area contributed by atoms with Crippen LogP contribution in [0.2, 0.25) is 0 Å². The second kappa shape index (κ2) is 7.43. The number of nitrogens with two attached hydrogens (primary N) is 1. The molecule has 0 aliphatic carbocycles. The highest BCUT2D eigenvalue weighted by atomic mass is 32.1. The van der Waals surface area contributed by atoms with Crippen LogP contribution in [0.4, 0.5) is 0 Å². The molecule has 0 saturated carbocycles. The van der Waals surface area contributed by atoms with Gasteiger partial charge in [0.25, 0.3) is 0 Å². The van der Waals surface area contributed by atoms with E-state index < -0.39 is 0 Å². The minimum absolute atomic E-state index is 0.322. The number of ether oxygens (including phenoxy) is 2. The summed E-state index contributed by atoms with van der Waals surface area (Å²) < 4.78 is 10.5. The Morgan fingerprint density at radius 2 is 2.11 bits per heavy atom. The topological polar surface area (TPSA) is 47.7 Å². The molecule has 0 spiro atoms. The van der Waals surface area contributed by atoms with Gasteiger partial charge in [-0.1, -0.05) is 12.2 Å². The van der Waals surface area contributed by atoms with Crippen LogP contribution >= 0.6 is 12.2 Å². The van der Waals surface area contributed by atoms with Crippen LogP contribution in [0, 0.1) is 0 Å². The van der Waals surface area contributed by atoms with Gasteiger partial charge in [0.2, 0.25) is 0 Å². The normalized spacial score (nSPS) is 12.5. The van der Waals surface area contributed by atoms with E-state index in [1.165, 1.54) is 0 Å². The molecule has 1 rings (SSSR count). The highest BCUT2D eigenvalue weighted by Crippen LogP contribution is 2.22. The minimum Gasteiger partial charge on any atom is -0.496 e. The summed E-state index contributed by atoms with van der Waals surface area (Å²) in [6.45, 7) is 3.56. The van der Waals surface area contributed by atoms with Gasteiger partial charge in [-0.05, 0) is 32.2 Å². The van der Waals surface area contributed by atoms with Crippen molar-refractivity contribution in [1.82, 2.24) is 4.90 Å². The Bertz CT molecular complexity index is 437. The van der Waals surface area contributed by atoms with Gasteiger partial charge in [0, 0.05) is 30.8 Å². The summed E-state index contributed by atoms with van der Waals surface area (Å²) in [5.41, 5.74) is 7.60. The molecule has 1 unspecified atom stereocenters. The Morgan fingerprint density at radius 1 is 1.42 bits per heavy atom. The highest BCUT2D eigenvalue weighted by molar-refractivity contribution is 7.80. The number of hydrogen-bond donors (Lipinski definition) is 1. The fraction of sp³-hybridized carbons (Fsp3) is 0.500. The monoisotopic (exact) mass is 282 g/mol. The molecule has 0 aromatic heterocycles. The van der Waals surface area contributed by atoms with Crippen LogP contribution in [-0.2, 0) is 11.3 Å². The first kappa shape index (κ1) is 15.9. The summed E-state index contributed by atoms with van der Waals surface area (Å²) in [6.07, 6.45) is 0. The zero-order valence-electron chi connectivity index (χ0n) is 12.0. The van der Waals surface area contributed by atoms with Crippen molar-refractivity contribution < 1.29 is 9.47 Å². The molecule has 0 aliphatic heterocycles. The van der Waals surface area contributed by atoms with Gasteiger partial charge in [-0.3, -0.25) is 4.90 Å². The van der Waals surface area contributed by atoms with E-state index in [2.05, 4.69) is 18.9 Å². The van der Waals surface area contributed by atoms with E-state index in [0.29, 0.717) is 17.6 Å². The van der Waals surface area contributed by atoms with Crippen molar-refractivity contribution in [2.24, 2.45) is 5.73 Å². The lowest BCUT2D eigenvalue weighted by atomic mass is 10.1. The Labute approximate surface area is 120 Å². The number of rotatable bonds is 7. The van der Waals surface area contributed by atoms with Crippen molar-refractivity contribution in [2.45, 2.75) is 19.5 Å². The summed E-state index contributed by atoms with van der Waals surface area (Å²) in [5, 5.41) is 0. The fourth-order valence-electron chi connectivity index (χ4n) is 1.85. The summed E-state index contributed by atoms with van der Waals surface area (Å²) in [4.78, 5) is 2.60. The molecule has 0 radical (unpaired) electrons. The molecule has 1 aromatic carbocycles. The molecule has 5 heteroatoms. The van der Waals surface area contributed by atoms with Crippen molar-refractivity contribution in [2.75, 3.05) is 27.9 Å². The smallest absolute Gasteiger partial charge is 0.123 e. The Kier molecular flexibility index (Phi) is 6.21. The van der Waals surface area contributed by atoms with Crippen LogP contribution in [0.5, 0.6) is 5.75 Å². The molecule has 0 bridgehead atoms. The maximum atomic E-state index is 5.67. The van der Waals surface area contributed by atoms with Crippen LogP contribution in [0.15, 0.2) is 18.2 Å². The Balaban J connectivity index is 2.91. The molecule has 2 N–H and O–H groups in total. The molecular formula is C14H22N2O2S. The molecule has 0 amide bonds. The second-order valence-electron chi connectivity index (χ2n) is 4.61. The average Bonchev–Trinajstić information content (AvgIpc) is 2.38. The third-order valence-corrected chi connectivity index (χ3v) is 3.38. The minimum atomic E-state index is 0.322. The largest absolute Gasteiger partial charge is 0.496 e. The van der Waals surface area contributed by atoms with E-state index in [1.54, 1.807) is 14.2 Å². The van der Waals surface area contributed by atoms with E-state index in [0.717, 1.165) is 23.4 Å². The zero-order chi connectivity index (χ0) is 14.4. The van der Waals surface area contributed by atoms with E-state index in [1.807, 2.05) is 18.2 Å². The molecule has 1 aromatic rings. The van der Waals surface area contributed by atoms with Crippen LogP contribution in [-0.4, -0.2) is 43.8 Å². The zero-order valence-corrected chi connectivity index (χ0v) is 12.8. The van der Waals surface area contributed by atoms with Gasteiger partial charge in [0.05, 0.1) is 13.7 Å². The van der Waals surface area contributed by atoms with Crippen molar-refractivity contribution in [3.63, 3.8) is 0 Å². The quantitative estimate of drug-likeness (QED) is 0.773. The first-order valence-corrected chi connectivity index (χ1v) is 6.56. The number of likely N-dealkylation sites (N-methyl/N-ethyl adjacent to an activating group) is 1. The van der Waals surface area contributed by atoms with Crippen LogP contribution in [0.3, 0.4) is 0 Å². The average molecular weight is 282 g/mol. The van der Waals surface area contributed by atoms with Crippen molar-refractivity contribution >= 4 is 17.2 Å². The number of benzene rings is 1.